The summed E-state index contributed by atoms with van der Waals surface area (Å²) in [7, 11) is 0. The number of benzene rings is 1. The number of nitrogens with one attached hydrogen (secondary N) is 2. The Morgan fingerprint density at radius 1 is 1.22 bits per heavy atom. The number of aromatic amines is 1. The summed E-state index contributed by atoms with van der Waals surface area (Å²) in [5.74, 6) is -0.765. The third kappa shape index (κ3) is 2.88. The second-order valence-electron chi connectivity index (χ2n) is 4.73. The number of hydrogen-bond donors (Lipinski definition) is 4. The molecule has 0 atom stereocenters. The molecule has 0 aliphatic rings. The number of nitrogens with zero attached hydrogens (tertiary/aromatic N) is 3. The summed E-state index contributed by atoms with van der Waals surface area (Å²) < 4.78 is 1.44. The summed E-state index contributed by atoms with van der Waals surface area (Å²) in [4.78, 5) is 22.5. The first-order valence-electron chi connectivity index (χ1n) is 6.60. The Morgan fingerprint density at radius 2 is 2.04 bits per heavy atom. The van der Waals surface area contributed by atoms with Crippen LogP contribution in [0.3, 0.4) is 0 Å². The van der Waals surface area contributed by atoms with E-state index in [4.69, 9.17) is 11.5 Å². The lowest BCUT2D eigenvalue weighted by Crippen LogP contribution is -2.22. The van der Waals surface area contributed by atoms with Gasteiger partial charge in [-0.2, -0.15) is 10.2 Å². The molecule has 0 aliphatic carbocycles. The van der Waals surface area contributed by atoms with Crippen molar-refractivity contribution in [3.05, 3.63) is 48.5 Å². The minimum atomic E-state index is -0.806. The number of H-pyrrole nitrogens is 1. The van der Waals surface area contributed by atoms with Gasteiger partial charge in [-0.1, -0.05) is 12.1 Å². The highest BCUT2D eigenvalue weighted by Gasteiger charge is 2.16. The molecule has 2 heterocycles. The Balaban J connectivity index is 2.03. The molecule has 6 N–H and O–H groups in total. The molecule has 9 nitrogen and oxygen atoms in total. The van der Waals surface area contributed by atoms with Crippen LogP contribution in [0.25, 0.3) is 16.8 Å². The number of nitrogens with two attached hydrogens (primary N) is 2. The van der Waals surface area contributed by atoms with Crippen molar-refractivity contribution >= 4 is 17.6 Å². The lowest BCUT2D eigenvalue weighted by Gasteiger charge is -2.03. The van der Waals surface area contributed by atoms with E-state index in [-0.39, 0.29) is 11.4 Å². The number of amides is 3. The highest BCUT2D eigenvalue weighted by molar-refractivity contribution is 6.00. The van der Waals surface area contributed by atoms with Crippen LogP contribution in [-0.4, -0.2) is 31.9 Å². The van der Waals surface area contributed by atoms with Crippen LogP contribution in [0.1, 0.15) is 10.5 Å². The fourth-order valence-electron chi connectivity index (χ4n) is 2.15. The third-order valence-electron chi connectivity index (χ3n) is 3.15. The van der Waals surface area contributed by atoms with E-state index < -0.39 is 11.9 Å². The maximum absolute atomic E-state index is 11.4. The maximum atomic E-state index is 11.4. The molecule has 3 amide bonds. The van der Waals surface area contributed by atoms with Crippen molar-refractivity contribution in [1.29, 1.82) is 0 Å². The third-order valence-corrected chi connectivity index (χ3v) is 3.15. The molecule has 0 unspecified atom stereocenters. The Bertz CT molecular complexity index is 867. The normalized spacial score (nSPS) is 10.4. The van der Waals surface area contributed by atoms with E-state index in [2.05, 4.69) is 20.6 Å². The van der Waals surface area contributed by atoms with Gasteiger partial charge in [-0.25, -0.2) is 9.48 Å². The van der Waals surface area contributed by atoms with Crippen LogP contribution >= 0.6 is 0 Å². The first kappa shape index (κ1) is 14.3. The van der Waals surface area contributed by atoms with Crippen LogP contribution in [0.5, 0.6) is 0 Å². The monoisotopic (exact) mass is 311 g/mol. The number of urea groups is 1. The Morgan fingerprint density at radius 3 is 2.70 bits per heavy atom. The quantitative estimate of drug-likeness (QED) is 0.566. The van der Waals surface area contributed by atoms with Gasteiger partial charge in [0, 0.05) is 11.8 Å². The number of primary amides is 2. The molecule has 0 saturated carbocycles. The lowest BCUT2D eigenvalue weighted by atomic mass is 10.1. The van der Waals surface area contributed by atoms with Crippen molar-refractivity contribution in [1.82, 2.24) is 20.0 Å². The second kappa shape index (κ2) is 5.64. The average molecular weight is 311 g/mol. The molecular formula is C14H13N7O2. The molecule has 0 bridgehead atoms. The molecule has 116 valence electrons. The van der Waals surface area contributed by atoms with Crippen LogP contribution in [0, 0.1) is 0 Å². The van der Waals surface area contributed by atoms with E-state index in [1.807, 2.05) is 18.2 Å². The molecular weight excluding hydrogens is 298 g/mol. The van der Waals surface area contributed by atoms with Gasteiger partial charge in [-0.3, -0.25) is 9.89 Å². The largest absolute Gasteiger partial charge is 0.364 e. The Kier molecular flexibility index (Phi) is 3.51. The first-order chi connectivity index (χ1) is 11.0. The molecule has 3 rings (SSSR count). The summed E-state index contributed by atoms with van der Waals surface area (Å²) in [6, 6.07) is 6.60. The second-order valence-corrected chi connectivity index (χ2v) is 4.73. The highest BCUT2D eigenvalue weighted by Crippen LogP contribution is 2.22. The summed E-state index contributed by atoms with van der Waals surface area (Å²) in [5.41, 5.74) is 12.9. The molecule has 0 aliphatic heterocycles. The van der Waals surface area contributed by atoms with Crippen molar-refractivity contribution in [2.24, 2.45) is 11.5 Å². The van der Waals surface area contributed by atoms with Crippen molar-refractivity contribution in [3.8, 4) is 16.8 Å². The Labute approximate surface area is 130 Å². The van der Waals surface area contributed by atoms with E-state index in [1.165, 1.54) is 10.9 Å². The van der Waals surface area contributed by atoms with E-state index in [9.17, 15) is 9.59 Å². The summed E-state index contributed by atoms with van der Waals surface area (Å²) in [6.45, 7) is 0. The predicted octanol–water partition coefficient (Wildman–Crippen LogP) is 0.852. The number of rotatable bonds is 4. The highest BCUT2D eigenvalue weighted by atomic mass is 16.2. The molecule has 3 aromatic rings. The van der Waals surface area contributed by atoms with Crippen LogP contribution in [0.2, 0.25) is 0 Å². The maximum Gasteiger partial charge on any atom is 0.316 e. The standard InChI is InChI=1S/C14H13N7O2/c15-13(22)12-11(19-14(16)23)7-21(20-12)10-3-1-2-8(4-10)9-5-17-18-6-9/h1-7H,(H2,15,22)(H,17,18)(H3,16,19,23). The first-order valence-corrected chi connectivity index (χ1v) is 6.60. The molecule has 0 spiro atoms. The number of carbonyl (C=O) groups excluding carboxylic acids is 2. The molecule has 1 aromatic carbocycles. The molecule has 2 aromatic heterocycles. The minimum Gasteiger partial charge on any atom is -0.364 e. The smallest absolute Gasteiger partial charge is 0.316 e. The SMILES string of the molecule is NC(=O)Nc1cn(-c2cccc(-c3cn[nH]c3)c2)nc1C(N)=O. The fourth-order valence-corrected chi connectivity index (χ4v) is 2.15. The van der Waals surface area contributed by atoms with Crippen LogP contribution in [0.15, 0.2) is 42.9 Å². The average Bonchev–Trinajstić information content (AvgIpc) is 3.16. The van der Waals surface area contributed by atoms with Crippen molar-refractivity contribution < 1.29 is 9.59 Å². The van der Waals surface area contributed by atoms with Gasteiger partial charge in [0.15, 0.2) is 5.69 Å². The minimum absolute atomic E-state index is 0.0717. The van der Waals surface area contributed by atoms with E-state index in [0.717, 1.165) is 11.1 Å². The van der Waals surface area contributed by atoms with Gasteiger partial charge in [0.05, 0.1) is 23.8 Å². The number of carbonyl (C=O) groups is 2. The molecule has 0 fully saturated rings. The molecule has 9 heteroatoms. The van der Waals surface area contributed by atoms with E-state index in [1.54, 1.807) is 18.5 Å². The van der Waals surface area contributed by atoms with Gasteiger partial charge in [-0.15, -0.1) is 0 Å². The summed E-state index contributed by atoms with van der Waals surface area (Å²) in [6.07, 6.45) is 4.92. The molecule has 0 saturated heterocycles. The van der Waals surface area contributed by atoms with Gasteiger partial charge in [0.1, 0.15) is 0 Å². The lowest BCUT2D eigenvalue weighted by molar-refractivity contribution is 0.0996. The van der Waals surface area contributed by atoms with Gasteiger partial charge in [-0.05, 0) is 17.7 Å². The van der Waals surface area contributed by atoms with Crippen LogP contribution in [0.4, 0.5) is 10.5 Å². The Hall–Kier alpha value is -3.62. The van der Waals surface area contributed by atoms with Crippen molar-refractivity contribution in [2.45, 2.75) is 0 Å². The van der Waals surface area contributed by atoms with Gasteiger partial charge in [0.2, 0.25) is 0 Å². The number of hydrogen-bond acceptors (Lipinski definition) is 4. The van der Waals surface area contributed by atoms with E-state index in [0.29, 0.717) is 5.69 Å². The van der Waals surface area contributed by atoms with Gasteiger partial charge in [0.25, 0.3) is 5.91 Å². The topological polar surface area (TPSA) is 145 Å². The van der Waals surface area contributed by atoms with Gasteiger partial charge >= 0.3 is 6.03 Å². The molecule has 0 radical (unpaired) electrons. The molecule has 23 heavy (non-hydrogen) atoms. The number of anilines is 1. The van der Waals surface area contributed by atoms with Crippen molar-refractivity contribution in [3.63, 3.8) is 0 Å². The fraction of sp³-hybridized carbons (Fsp3) is 0. The zero-order valence-electron chi connectivity index (χ0n) is 11.9. The number of aromatic nitrogens is 4. The zero-order valence-corrected chi connectivity index (χ0v) is 11.9. The van der Waals surface area contributed by atoms with E-state index >= 15 is 0 Å². The zero-order chi connectivity index (χ0) is 16.4. The van der Waals surface area contributed by atoms with Crippen molar-refractivity contribution in [2.75, 3.05) is 5.32 Å². The predicted molar refractivity (Wildman–Crippen MR) is 82.9 cm³/mol. The summed E-state index contributed by atoms with van der Waals surface area (Å²) in [5, 5.41) is 13.1. The summed E-state index contributed by atoms with van der Waals surface area (Å²) >= 11 is 0. The van der Waals surface area contributed by atoms with Crippen LogP contribution < -0.4 is 16.8 Å². The van der Waals surface area contributed by atoms with Gasteiger partial charge < -0.3 is 16.8 Å². The van der Waals surface area contributed by atoms with Crippen LogP contribution in [-0.2, 0) is 0 Å².